The second kappa shape index (κ2) is 6.19. The second-order valence-electron chi connectivity index (χ2n) is 6.78. The molecule has 1 heterocycles. The van der Waals surface area contributed by atoms with Gasteiger partial charge in [0, 0.05) is 25.0 Å². The van der Waals surface area contributed by atoms with Crippen LogP contribution in [0.4, 0.5) is 0 Å². The summed E-state index contributed by atoms with van der Waals surface area (Å²) in [5, 5.41) is 11.5. The van der Waals surface area contributed by atoms with Crippen molar-refractivity contribution >= 4 is 11.9 Å². The van der Waals surface area contributed by atoms with Crippen molar-refractivity contribution in [3.8, 4) is 0 Å². The predicted molar refractivity (Wildman–Crippen MR) is 85.2 cm³/mol. The lowest BCUT2D eigenvalue weighted by atomic mass is 9.75. The summed E-state index contributed by atoms with van der Waals surface area (Å²) < 4.78 is 0. The standard InChI is InChI=1S/C19H23NO3/c1-12-9-16(17(19(22)23)10-13(12)2)18(21)20-8-7-14-5-3-4-6-15(14)11-20/h3-6,16-17H,7-11H2,1-2H3,(H,22,23)/p-1/t16-,17-/m0/s1. The average Bonchev–Trinajstić information content (AvgIpc) is 2.55. The largest absolute Gasteiger partial charge is 0.550 e. The molecular formula is C19H22NO3-. The van der Waals surface area contributed by atoms with Gasteiger partial charge in [0.1, 0.15) is 0 Å². The van der Waals surface area contributed by atoms with Gasteiger partial charge in [-0.1, -0.05) is 35.4 Å². The molecule has 0 aromatic heterocycles. The fourth-order valence-electron chi connectivity index (χ4n) is 3.72. The third-order valence-electron chi connectivity index (χ3n) is 5.33. The first-order valence-electron chi connectivity index (χ1n) is 8.19. The topological polar surface area (TPSA) is 60.4 Å². The Bertz CT molecular complexity index is 677. The van der Waals surface area contributed by atoms with E-state index in [2.05, 4.69) is 6.07 Å². The zero-order chi connectivity index (χ0) is 16.6. The molecule has 0 saturated carbocycles. The summed E-state index contributed by atoms with van der Waals surface area (Å²) in [6, 6.07) is 8.13. The fraction of sp³-hybridized carbons (Fsp3) is 0.474. The number of aliphatic carboxylic acids is 1. The van der Waals surface area contributed by atoms with Crippen molar-refractivity contribution in [1.82, 2.24) is 4.90 Å². The maximum absolute atomic E-state index is 12.9. The minimum absolute atomic E-state index is 0.0412. The SMILES string of the molecule is CC1=C(C)C[C@H](C(=O)N2CCc3ccccc3C2)[C@@H](C(=O)[O-])C1. The van der Waals surface area contributed by atoms with Gasteiger partial charge in [0.25, 0.3) is 0 Å². The number of rotatable bonds is 2. The number of allylic oxidation sites excluding steroid dienone is 2. The Hall–Kier alpha value is -2.10. The van der Waals surface area contributed by atoms with Gasteiger partial charge < -0.3 is 14.8 Å². The molecule has 1 amide bonds. The zero-order valence-corrected chi connectivity index (χ0v) is 13.7. The summed E-state index contributed by atoms with van der Waals surface area (Å²) in [5.41, 5.74) is 4.66. The number of hydrogen-bond acceptors (Lipinski definition) is 3. The third-order valence-corrected chi connectivity index (χ3v) is 5.33. The first kappa shape index (κ1) is 15.8. The normalized spacial score (nSPS) is 24.3. The predicted octanol–water partition coefficient (Wildman–Crippen LogP) is 1.68. The van der Waals surface area contributed by atoms with Gasteiger partial charge in [0.05, 0.1) is 5.92 Å². The van der Waals surface area contributed by atoms with Crippen molar-refractivity contribution in [2.75, 3.05) is 6.54 Å². The van der Waals surface area contributed by atoms with Crippen LogP contribution in [0.1, 0.15) is 37.8 Å². The molecule has 1 aromatic carbocycles. The molecule has 2 aliphatic rings. The number of fused-ring (bicyclic) bond motifs is 1. The number of nitrogens with zero attached hydrogens (tertiary/aromatic N) is 1. The second-order valence-corrected chi connectivity index (χ2v) is 6.78. The van der Waals surface area contributed by atoms with Gasteiger partial charge in [-0.05, 0) is 44.2 Å². The lowest BCUT2D eigenvalue weighted by Gasteiger charge is -2.38. The van der Waals surface area contributed by atoms with Gasteiger partial charge in [-0.15, -0.1) is 0 Å². The van der Waals surface area contributed by atoms with E-state index in [0.717, 1.165) is 23.1 Å². The van der Waals surface area contributed by atoms with Crippen molar-refractivity contribution in [3.63, 3.8) is 0 Å². The Morgan fingerprint density at radius 2 is 1.65 bits per heavy atom. The zero-order valence-electron chi connectivity index (χ0n) is 13.7. The van der Waals surface area contributed by atoms with Crippen molar-refractivity contribution in [2.24, 2.45) is 11.8 Å². The van der Waals surface area contributed by atoms with E-state index in [9.17, 15) is 14.7 Å². The maximum atomic E-state index is 12.9. The van der Waals surface area contributed by atoms with Gasteiger partial charge in [0.2, 0.25) is 5.91 Å². The van der Waals surface area contributed by atoms with Gasteiger partial charge >= 0.3 is 0 Å². The molecule has 4 nitrogen and oxygen atoms in total. The molecule has 122 valence electrons. The summed E-state index contributed by atoms with van der Waals surface area (Å²) >= 11 is 0. The van der Waals surface area contributed by atoms with Crippen molar-refractivity contribution < 1.29 is 14.7 Å². The highest BCUT2D eigenvalue weighted by atomic mass is 16.4. The Morgan fingerprint density at radius 1 is 1.04 bits per heavy atom. The van der Waals surface area contributed by atoms with Gasteiger partial charge in [0.15, 0.2) is 0 Å². The smallest absolute Gasteiger partial charge is 0.226 e. The molecule has 1 aliphatic heterocycles. The first-order chi connectivity index (χ1) is 11.0. The van der Waals surface area contributed by atoms with Crippen LogP contribution in [0.2, 0.25) is 0 Å². The van der Waals surface area contributed by atoms with E-state index in [-0.39, 0.29) is 5.91 Å². The quantitative estimate of drug-likeness (QED) is 0.781. The molecule has 4 heteroatoms. The van der Waals surface area contributed by atoms with Crippen LogP contribution >= 0.6 is 0 Å². The monoisotopic (exact) mass is 312 g/mol. The number of carboxylic acids is 1. The molecule has 1 aliphatic carbocycles. The molecule has 0 N–H and O–H groups in total. The highest BCUT2D eigenvalue weighted by Gasteiger charge is 2.36. The Kier molecular flexibility index (Phi) is 4.24. The summed E-state index contributed by atoms with van der Waals surface area (Å²) in [4.78, 5) is 26.3. The summed E-state index contributed by atoms with van der Waals surface area (Å²) in [7, 11) is 0. The van der Waals surface area contributed by atoms with Crippen LogP contribution in [-0.4, -0.2) is 23.3 Å². The molecule has 0 unspecified atom stereocenters. The maximum Gasteiger partial charge on any atom is 0.226 e. The van der Waals surface area contributed by atoms with E-state index in [1.54, 1.807) is 0 Å². The Balaban J connectivity index is 1.81. The van der Waals surface area contributed by atoms with Crippen LogP contribution in [0.3, 0.4) is 0 Å². The molecule has 2 atom stereocenters. The summed E-state index contributed by atoms with van der Waals surface area (Å²) in [6.07, 6.45) is 1.79. The highest BCUT2D eigenvalue weighted by molar-refractivity contribution is 5.85. The van der Waals surface area contributed by atoms with E-state index >= 15 is 0 Å². The molecule has 0 saturated heterocycles. The number of hydrogen-bond donors (Lipinski definition) is 0. The lowest BCUT2D eigenvalue weighted by molar-refractivity contribution is -0.313. The number of carbonyl (C=O) groups is 2. The molecule has 3 rings (SSSR count). The molecular weight excluding hydrogens is 290 g/mol. The van der Waals surface area contributed by atoms with Crippen LogP contribution in [0.25, 0.3) is 0 Å². The molecule has 23 heavy (non-hydrogen) atoms. The van der Waals surface area contributed by atoms with Gasteiger partial charge in [-0.25, -0.2) is 0 Å². The Morgan fingerprint density at radius 3 is 2.30 bits per heavy atom. The van der Waals surface area contributed by atoms with E-state index in [4.69, 9.17) is 0 Å². The fourth-order valence-corrected chi connectivity index (χ4v) is 3.72. The number of carboxylic acid groups (broad SMARTS) is 1. The average molecular weight is 312 g/mol. The van der Waals surface area contributed by atoms with Crippen LogP contribution in [0.5, 0.6) is 0 Å². The highest BCUT2D eigenvalue weighted by Crippen LogP contribution is 2.35. The van der Waals surface area contributed by atoms with Crippen molar-refractivity contribution in [2.45, 2.75) is 39.7 Å². The van der Waals surface area contributed by atoms with Gasteiger partial charge in [-0.2, -0.15) is 0 Å². The minimum atomic E-state index is -1.10. The van der Waals surface area contributed by atoms with Crippen LogP contribution in [-0.2, 0) is 22.6 Å². The van der Waals surface area contributed by atoms with E-state index in [0.29, 0.717) is 25.9 Å². The van der Waals surface area contributed by atoms with Crippen molar-refractivity contribution in [3.05, 3.63) is 46.5 Å². The summed E-state index contributed by atoms with van der Waals surface area (Å²) in [5.74, 6) is -2.34. The molecule has 1 aromatic rings. The van der Waals surface area contributed by atoms with E-state index in [1.807, 2.05) is 36.9 Å². The molecule has 0 spiro atoms. The minimum Gasteiger partial charge on any atom is -0.550 e. The lowest BCUT2D eigenvalue weighted by Crippen LogP contribution is -2.47. The molecule has 0 fully saturated rings. The van der Waals surface area contributed by atoms with Crippen LogP contribution in [0.15, 0.2) is 35.4 Å². The van der Waals surface area contributed by atoms with E-state index < -0.39 is 17.8 Å². The Labute approximate surface area is 136 Å². The summed E-state index contributed by atoms with van der Waals surface area (Å²) in [6.45, 7) is 5.18. The van der Waals surface area contributed by atoms with Gasteiger partial charge in [-0.3, -0.25) is 4.79 Å². The van der Waals surface area contributed by atoms with E-state index in [1.165, 1.54) is 5.56 Å². The number of carbonyl (C=O) groups excluding carboxylic acids is 2. The number of amides is 1. The van der Waals surface area contributed by atoms with Crippen LogP contribution in [0, 0.1) is 11.8 Å². The van der Waals surface area contributed by atoms with Crippen molar-refractivity contribution in [1.29, 1.82) is 0 Å². The third kappa shape index (κ3) is 3.03. The molecule has 0 bridgehead atoms. The number of benzene rings is 1. The first-order valence-corrected chi connectivity index (χ1v) is 8.19. The van der Waals surface area contributed by atoms with Crippen LogP contribution < -0.4 is 5.11 Å². The molecule has 0 radical (unpaired) electrons.